The fourth-order valence-corrected chi connectivity index (χ4v) is 4.91. The zero-order valence-electron chi connectivity index (χ0n) is 18.7. The molecule has 0 radical (unpaired) electrons. The smallest absolute Gasteiger partial charge is 0.191 e. The lowest BCUT2D eigenvalue weighted by Gasteiger charge is -2.27. The zero-order chi connectivity index (χ0) is 21.5. The number of benzene rings is 1. The van der Waals surface area contributed by atoms with Crippen molar-refractivity contribution in [3.8, 4) is 5.75 Å². The van der Waals surface area contributed by atoms with Gasteiger partial charge >= 0.3 is 0 Å². The van der Waals surface area contributed by atoms with E-state index in [0.717, 1.165) is 63.0 Å². The highest BCUT2D eigenvalue weighted by atomic mass is 32.1. The highest BCUT2D eigenvalue weighted by Gasteiger charge is 2.19. The molecule has 1 unspecified atom stereocenters. The molecular weight excluding hydrogens is 408 g/mol. The van der Waals surface area contributed by atoms with E-state index < -0.39 is 0 Å². The van der Waals surface area contributed by atoms with Crippen molar-refractivity contribution < 1.29 is 9.47 Å². The Bertz CT molecular complexity index is 876. The van der Waals surface area contributed by atoms with E-state index >= 15 is 0 Å². The molecule has 2 aliphatic heterocycles. The molecule has 3 heterocycles. The summed E-state index contributed by atoms with van der Waals surface area (Å²) in [6.45, 7) is 11.2. The number of hydrogen-bond donors (Lipinski definition) is 2. The van der Waals surface area contributed by atoms with Crippen molar-refractivity contribution >= 4 is 17.3 Å². The van der Waals surface area contributed by atoms with Crippen LogP contribution in [0.2, 0.25) is 0 Å². The highest BCUT2D eigenvalue weighted by Crippen LogP contribution is 2.25. The van der Waals surface area contributed by atoms with Crippen LogP contribution in [0.15, 0.2) is 34.6 Å². The SMILES string of the molecule is CCNC(=NCc1ccc(C)cc1OC1CCOC1)NCCN1CCc2sccc2C1. The first-order valence-corrected chi connectivity index (χ1v) is 12.2. The van der Waals surface area contributed by atoms with Crippen molar-refractivity contribution in [3.05, 3.63) is 51.2 Å². The van der Waals surface area contributed by atoms with Crippen LogP contribution in [-0.4, -0.2) is 56.4 Å². The number of nitrogens with zero attached hydrogens (tertiary/aromatic N) is 2. The van der Waals surface area contributed by atoms with E-state index in [2.05, 4.69) is 59.0 Å². The van der Waals surface area contributed by atoms with Crippen molar-refractivity contribution in [2.24, 2.45) is 4.99 Å². The second kappa shape index (κ2) is 11.0. The molecule has 6 nitrogen and oxygen atoms in total. The Balaban J connectivity index is 1.32. The lowest BCUT2D eigenvalue weighted by atomic mass is 10.1. The van der Waals surface area contributed by atoms with Gasteiger partial charge in [0.1, 0.15) is 11.9 Å². The summed E-state index contributed by atoms with van der Waals surface area (Å²) in [6.07, 6.45) is 2.26. The third kappa shape index (κ3) is 6.21. The molecule has 0 saturated carbocycles. The van der Waals surface area contributed by atoms with E-state index in [1.165, 1.54) is 17.5 Å². The van der Waals surface area contributed by atoms with Gasteiger partial charge in [-0.1, -0.05) is 12.1 Å². The summed E-state index contributed by atoms with van der Waals surface area (Å²) in [5.74, 6) is 1.78. The van der Waals surface area contributed by atoms with E-state index in [1.54, 1.807) is 4.88 Å². The third-order valence-corrected chi connectivity index (χ3v) is 6.79. The summed E-state index contributed by atoms with van der Waals surface area (Å²) >= 11 is 1.89. The molecule has 1 atom stereocenters. The number of rotatable bonds is 8. The average Bonchev–Trinajstić information content (AvgIpc) is 3.44. The number of hydrogen-bond acceptors (Lipinski definition) is 5. The van der Waals surface area contributed by atoms with Gasteiger partial charge in [0.25, 0.3) is 0 Å². The van der Waals surface area contributed by atoms with Gasteiger partial charge in [0.15, 0.2) is 5.96 Å². The van der Waals surface area contributed by atoms with Gasteiger partial charge in [0.2, 0.25) is 0 Å². The maximum Gasteiger partial charge on any atom is 0.191 e. The van der Waals surface area contributed by atoms with Gasteiger partial charge in [-0.15, -0.1) is 11.3 Å². The van der Waals surface area contributed by atoms with Crippen LogP contribution in [0.25, 0.3) is 0 Å². The summed E-state index contributed by atoms with van der Waals surface area (Å²) in [6, 6.07) is 8.63. The normalized spacial score (nSPS) is 19.3. The molecule has 0 amide bonds. The number of fused-ring (bicyclic) bond motifs is 1. The molecule has 0 spiro atoms. The molecule has 0 bridgehead atoms. The molecule has 31 heavy (non-hydrogen) atoms. The maximum absolute atomic E-state index is 6.22. The molecular formula is C24H34N4O2S. The van der Waals surface area contributed by atoms with Crippen LogP contribution < -0.4 is 15.4 Å². The fraction of sp³-hybridized carbons (Fsp3) is 0.542. The lowest BCUT2D eigenvalue weighted by molar-refractivity contribution is 0.140. The van der Waals surface area contributed by atoms with Crippen LogP contribution in [-0.2, 0) is 24.2 Å². The second-order valence-electron chi connectivity index (χ2n) is 8.23. The largest absolute Gasteiger partial charge is 0.488 e. The molecule has 2 N–H and O–H groups in total. The summed E-state index contributed by atoms with van der Waals surface area (Å²) in [4.78, 5) is 8.90. The van der Waals surface area contributed by atoms with Gasteiger partial charge in [-0.25, -0.2) is 4.99 Å². The lowest BCUT2D eigenvalue weighted by Crippen LogP contribution is -2.42. The van der Waals surface area contributed by atoms with Crippen LogP contribution in [0.4, 0.5) is 0 Å². The van der Waals surface area contributed by atoms with E-state index in [-0.39, 0.29) is 6.10 Å². The Morgan fingerprint density at radius 3 is 3.10 bits per heavy atom. The number of nitrogens with one attached hydrogen (secondary N) is 2. The van der Waals surface area contributed by atoms with Gasteiger partial charge < -0.3 is 20.1 Å². The van der Waals surface area contributed by atoms with Crippen molar-refractivity contribution in [1.29, 1.82) is 0 Å². The van der Waals surface area contributed by atoms with Crippen molar-refractivity contribution in [2.75, 3.05) is 39.4 Å². The van der Waals surface area contributed by atoms with Gasteiger partial charge in [-0.2, -0.15) is 0 Å². The van der Waals surface area contributed by atoms with Gasteiger partial charge in [-0.3, -0.25) is 4.90 Å². The van der Waals surface area contributed by atoms with E-state index in [0.29, 0.717) is 13.2 Å². The van der Waals surface area contributed by atoms with Crippen LogP contribution >= 0.6 is 11.3 Å². The summed E-state index contributed by atoms with van der Waals surface area (Å²) in [7, 11) is 0. The molecule has 1 aromatic carbocycles. The van der Waals surface area contributed by atoms with Crippen molar-refractivity contribution in [3.63, 3.8) is 0 Å². The second-order valence-corrected chi connectivity index (χ2v) is 9.23. The van der Waals surface area contributed by atoms with Crippen molar-refractivity contribution in [1.82, 2.24) is 15.5 Å². The van der Waals surface area contributed by atoms with Gasteiger partial charge in [0.05, 0.1) is 19.8 Å². The molecule has 168 valence electrons. The number of ether oxygens (including phenoxy) is 2. The number of aliphatic imine (C=N–C) groups is 1. The summed E-state index contributed by atoms with van der Waals surface area (Å²) in [5, 5.41) is 9.08. The predicted molar refractivity (Wildman–Crippen MR) is 127 cm³/mol. The Morgan fingerprint density at radius 1 is 1.32 bits per heavy atom. The van der Waals surface area contributed by atoms with Crippen LogP contribution in [0.3, 0.4) is 0 Å². The number of thiophene rings is 1. The zero-order valence-corrected chi connectivity index (χ0v) is 19.5. The number of guanidine groups is 1. The Hall–Kier alpha value is -2.09. The van der Waals surface area contributed by atoms with E-state index in [9.17, 15) is 0 Å². The first-order valence-electron chi connectivity index (χ1n) is 11.3. The molecule has 1 saturated heterocycles. The minimum atomic E-state index is 0.143. The minimum absolute atomic E-state index is 0.143. The first-order chi connectivity index (χ1) is 15.2. The quantitative estimate of drug-likeness (QED) is 0.485. The topological polar surface area (TPSA) is 58.1 Å². The standard InChI is InChI=1S/C24H34N4O2S/c1-3-25-24(26-9-11-28-10-6-23-20(16-28)8-13-31-23)27-15-19-5-4-18(2)14-22(19)30-21-7-12-29-17-21/h4-5,8,13-14,21H,3,6-7,9-12,15-17H2,1-2H3,(H2,25,26,27). The first kappa shape index (κ1) is 22.1. The maximum atomic E-state index is 6.22. The van der Waals surface area contributed by atoms with Gasteiger partial charge in [0, 0.05) is 49.6 Å². The highest BCUT2D eigenvalue weighted by molar-refractivity contribution is 7.10. The molecule has 7 heteroatoms. The molecule has 4 rings (SSSR count). The van der Waals surface area contributed by atoms with Crippen molar-refractivity contribution in [2.45, 2.75) is 45.9 Å². The Labute approximate surface area is 189 Å². The molecule has 2 aliphatic rings. The third-order valence-electron chi connectivity index (χ3n) is 5.76. The number of aryl methyl sites for hydroxylation is 1. The fourth-order valence-electron chi connectivity index (χ4n) is 4.02. The minimum Gasteiger partial charge on any atom is -0.488 e. The van der Waals surface area contributed by atoms with E-state index in [1.807, 2.05) is 11.3 Å². The monoisotopic (exact) mass is 442 g/mol. The van der Waals surface area contributed by atoms with Crippen LogP contribution in [0, 0.1) is 6.92 Å². The molecule has 1 aromatic heterocycles. The Morgan fingerprint density at radius 2 is 2.26 bits per heavy atom. The Kier molecular flexibility index (Phi) is 7.83. The summed E-state index contributed by atoms with van der Waals surface area (Å²) < 4.78 is 11.7. The average molecular weight is 443 g/mol. The van der Waals surface area contributed by atoms with E-state index in [4.69, 9.17) is 14.5 Å². The van der Waals surface area contributed by atoms with Crippen LogP contribution in [0.5, 0.6) is 5.75 Å². The van der Waals surface area contributed by atoms with Crippen LogP contribution in [0.1, 0.15) is 34.9 Å². The predicted octanol–water partition coefficient (Wildman–Crippen LogP) is 3.34. The van der Waals surface area contributed by atoms with Gasteiger partial charge in [-0.05, 0) is 48.9 Å². The summed E-state index contributed by atoms with van der Waals surface area (Å²) in [5.41, 5.74) is 3.80. The molecule has 2 aromatic rings. The molecule has 1 fully saturated rings. The molecule has 0 aliphatic carbocycles.